The van der Waals surface area contributed by atoms with Gasteiger partial charge in [0.1, 0.15) is 5.56 Å². The van der Waals surface area contributed by atoms with Gasteiger partial charge in [0.2, 0.25) is 5.91 Å². The second-order valence-corrected chi connectivity index (χ2v) is 6.35. The molecule has 0 atom stereocenters. The number of para-hydroxylation sites is 1. The van der Waals surface area contributed by atoms with Crippen LogP contribution in [0.5, 0.6) is 5.75 Å². The van der Waals surface area contributed by atoms with Crippen LogP contribution in [0.25, 0.3) is 33.4 Å². The normalized spacial score (nSPS) is 11.6. The van der Waals surface area contributed by atoms with E-state index in [1.165, 1.54) is 12.1 Å². The lowest BCUT2D eigenvalue weighted by Gasteiger charge is -2.16. The molecule has 2 aromatic heterocycles. The average molecular weight is 400 g/mol. The number of alkyl halides is 3. The van der Waals surface area contributed by atoms with Crippen LogP contribution in [0.15, 0.2) is 54.7 Å². The van der Waals surface area contributed by atoms with E-state index in [1.54, 1.807) is 12.3 Å². The van der Waals surface area contributed by atoms with E-state index in [0.29, 0.717) is 5.69 Å². The molecular weight excluding hydrogens is 385 g/mol. The van der Waals surface area contributed by atoms with Crippen molar-refractivity contribution in [3.63, 3.8) is 0 Å². The largest absolute Gasteiger partial charge is 0.420 e. The number of rotatable bonds is 4. The summed E-state index contributed by atoms with van der Waals surface area (Å²) in [6, 6.07) is 13.0. The van der Waals surface area contributed by atoms with Crippen molar-refractivity contribution in [1.82, 2.24) is 20.7 Å². The quantitative estimate of drug-likeness (QED) is 0.435. The van der Waals surface area contributed by atoms with Gasteiger partial charge in [0.25, 0.3) is 0 Å². The lowest BCUT2D eigenvalue weighted by molar-refractivity contribution is -0.140. The van der Waals surface area contributed by atoms with Crippen molar-refractivity contribution in [2.45, 2.75) is 13.1 Å². The molecular formula is C20H15F3N4O2. The first-order chi connectivity index (χ1) is 13.8. The molecule has 148 valence electrons. The highest BCUT2D eigenvalue weighted by Gasteiger charge is 2.38. The molecule has 0 aliphatic heterocycles. The molecule has 0 saturated heterocycles. The van der Waals surface area contributed by atoms with Crippen molar-refractivity contribution in [3.8, 4) is 28.3 Å². The summed E-state index contributed by atoms with van der Waals surface area (Å²) >= 11 is 0. The van der Waals surface area contributed by atoms with Gasteiger partial charge in [-0.2, -0.15) is 23.8 Å². The van der Waals surface area contributed by atoms with Crippen LogP contribution < -0.4 is 10.3 Å². The second kappa shape index (κ2) is 7.01. The summed E-state index contributed by atoms with van der Waals surface area (Å²) in [5.41, 5.74) is 3.11. The Kier molecular flexibility index (Phi) is 4.50. The Hall–Kier alpha value is -3.75. The molecule has 2 aromatic carbocycles. The van der Waals surface area contributed by atoms with Crippen LogP contribution in [-0.2, 0) is 11.0 Å². The predicted octanol–water partition coefficient (Wildman–Crippen LogP) is 4.67. The maximum absolute atomic E-state index is 13.8. The topological polar surface area (TPSA) is 82.8 Å². The van der Waals surface area contributed by atoms with Crippen LogP contribution in [-0.4, -0.2) is 21.1 Å². The molecule has 6 nitrogen and oxygen atoms in total. The summed E-state index contributed by atoms with van der Waals surface area (Å²) in [4.78, 5) is 19.0. The third-order valence-corrected chi connectivity index (χ3v) is 4.35. The van der Waals surface area contributed by atoms with Gasteiger partial charge in [-0.3, -0.25) is 9.89 Å². The summed E-state index contributed by atoms with van der Waals surface area (Å²) in [7, 11) is 0. The number of nitrogens with one attached hydrogen (secondary N) is 3. The summed E-state index contributed by atoms with van der Waals surface area (Å²) < 4.78 is 41.3. The van der Waals surface area contributed by atoms with Crippen molar-refractivity contribution < 1.29 is 22.8 Å². The van der Waals surface area contributed by atoms with Crippen molar-refractivity contribution in [2.24, 2.45) is 0 Å². The lowest BCUT2D eigenvalue weighted by atomic mass is 10.0. The van der Waals surface area contributed by atoms with Crippen molar-refractivity contribution in [2.75, 3.05) is 0 Å². The van der Waals surface area contributed by atoms with E-state index in [1.807, 2.05) is 29.7 Å². The fourth-order valence-corrected chi connectivity index (χ4v) is 3.14. The number of hydrogen-bond donors (Lipinski definition) is 3. The number of aromatic amines is 2. The van der Waals surface area contributed by atoms with Crippen molar-refractivity contribution in [1.29, 1.82) is 0 Å². The zero-order valence-electron chi connectivity index (χ0n) is 15.1. The van der Waals surface area contributed by atoms with Gasteiger partial charge in [0.15, 0.2) is 5.75 Å². The standard InChI is InChI=1S/C20H15F3N4O2/c1-11(28)27-29-18-8-4-6-13(19(18)20(21,22)23)16-9-17(26-25-16)14-10-24-15-7-3-2-5-12(14)15/h2-10,24H,1H3,(H,25,26)(H,27,28). The van der Waals surface area contributed by atoms with E-state index >= 15 is 0 Å². The first-order valence-corrected chi connectivity index (χ1v) is 8.60. The number of carbonyl (C=O) groups is 1. The Morgan fingerprint density at radius 1 is 1.10 bits per heavy atom. The highest BCUT2D eigenvalue weighted by Crippen LogP contribution is 2.43. The first kappa shape index (κ1) is 18.6. The number of H-pyrrole nitrogens is 2. The monoisotopic (exact) mass is 400 g/mol. The maximum Gasteiger partial charge on any atom is 0.420 e. The van der Waals surface area contributed by atoms with E-state index in [0.717, 1.165) is 29.5 Å². The summed E-state index contributed by atoms with van der Waals surface area (Å²) in [6.07, 6.45) is -2.96. The number of carbonyl (C=O) groups excluding carboxylic acids is 1. The minimum Gasteiger partial charge on any atom is -0.379 e. The zero-order chi connectivity index (χ0) is 20.6. The van der Waals surface area contributed by atoms with Crippen LogP contribution in [0.2, 0.25) is 0 Å². The zero-order valence-corrected chi connectivity index (χ0v) is 15.1. The van der Waals surface area contributed by atoms with Crippen molar-refractivity contribution >= 4 is 16.8 Å². The highest BCUT2D eigenvalue weighted by atomic mass is 19.4. The minimum atomic E-state index is -4.71. The lowest BCUT2D eigenvalue weighted by Crippen LogP contribution is -2.25. The van der Waals surface area contributed by atoms with E-state index < -0.39 is 23.4 Å². The molecule has 0 spiro atoms. The number of nitrogens with zero attached hydrogens (tertiary/aromatic N) is 1. The number of aromatic nitrogens is 3. The summed E-state index contributed by atoms with van der Waals surface area (Å²) in [6.45, 7) is 1.14. The second-order valence-electron chi connectivity index (χ2n) is 6.35. The summed E-state index contributed by atoms with van der Waals surface area (Å²) in [5, 5.41) is 7.77. The average Bonchev–Trinajstić information content (AvgIpc) is 3.32. The molecule has 0 bridgehead atoms. The number of hydroxylamine groups is 1. The van der Waals surface area contributed by atoms with Gasteiger partial charge < -0.3 is 9.82 Å². The van der Waals surface area contributed by atoms with Crippen LogP contribution >= 0.6 is 0 Å². The third-order valence-electron chi connectivity index (χ3n) is 4.35. The van der Waals surface area contributed by atoms with Crippen LogP contribution in [0, 0.1) is 0 Å². The molecule has 9 heteroatoms. The highest BCUT2D eigenvalue weighted by molar-refractivity contribution is 5.95. The summed E-state index contributed by atoms with van der Waals surface area (Å²) in [5.74, 6) is -1.12. The van der Waals surface area contributed by atoms with E-state index in [4.69, 9.17) is 4.84 Å². The number of fused-ring (bicyclic) bond motifs is 1. The number of amides is 1. The molecule has 0 aliphatic rings. The molecule has 0 aliphatic carbocycles. The van der Waals surface area contributed by atoms with Gasteiger partial charge >= 0.3 is 6.18 Å². The van der Waals surface area contributed by atoms with E-state index in [9.17, 15) is 18.0 Å². The van der Waals surface area contributed by atoms with Crippen LogP contribution in [0.4, 0.5) is 13.2 Å². The Morgan fingerprint density at radius 2 is 1.90 bits per heavy atom. The molecule has 3 N–H and O–H groups in total. The Balaban J connectivity index is 1.79. The molecule has 4 rings (SSSR count). The van der Waals surface area contributed by atoms with Gasteiger partial charge in [-0.15, -0.1) is 0 Å². The fourth-order valence-electron chi connectivity index (χ4n) is 3.14. The Labute approximate surface area is 162 Å². The molecule has 2 heterocycles. The van der Waals surface area contributed by atoms with Crippen LogP contribution in [0.3, 0.4) is 0 Å². The van der Waals surface area contributed by atoms with Gasteiger partial charge in [-0.05, 0) is 18.2 Å². The molecule has 0 radical (unpaired) electrons. The molecule has 1 amide bonds. The van der Waals surface area contributed by atoms with Crippen molar-refractivity contribution in [3.05, 3.63) is 60.3 Å². The molecule has 0 saturated carbocycles. The predicted molar refractivity (Wildman–Crippen MR) is 101 cm³/mol. The maximum atomic E-state index is 13.8. The van der Waals surface area contributed by atoms with E-state index in [-0.39, 0.29) is 11.3 Å². The Morgan fingerprint density at radius 3 is 2.66 bits per heavy atom. The van der Waals surface area contributed by atoms with Gasteiger partial charge in [-0.25, -0.2) is 0 Å². The number of halogens is 3. The Bertz CT molecular complexity index is 1190. The number of hydrogen-bond acceptors (Lipinski definition) is 3. The molecule has 4 aromatic rings. The third kappa shape index (κ3) is 3.54. The molecule has 29 heavy (non-hydrogen) atoms. The van der Waals surface area contributed by atoms with Crippen LogP contribution in [0.1, 0.15) is 12.5 Å². The van der Waals surface area contributed by atoms with Gasteiger partial charge in [0, 0.05) is 35.2 Å². The minimum absolute atomic E-state index is 0.140. The fraction of sp³-hybridized carbons (Fsp3) is 0.100. The molecule has 0 fully saturated rings. The van der Waals surface area contributed by atoms with Gasteiger partial charge in [0.05, 0.1) is 11.4 Å². The van der Waals surface area contributed by atoms with E-state index in [2.05, 4.69) is 15.2 Å². The van der Waals surface area contributed by atoms with Gasteiger partial charge in [-0.1, -0.05) is 30.3 Å². The molecule has 0 unspecified atom stereocenters. The number of benzene rings is 2. The first-order valence-electron chi connectivity index (χ1n) is 8.60. The SMILES string of the molecule is CC(=O)NOc1cccc(-c2cc(-c3c[nH]c4ccccc34)n[nH]2)c1C(F)(F)F. The smallest absolute Gasteiger partial charge is 0.379 e.